The molecule has 2 aromatic carbocycles. The van der Waals surface area contributed by atoms with Crippen LogP contribution in [-0.4, -0.2) is 37.4 Å². The molecule has 29 heavy (non-hydrogen) atoms. The van der Waals surface area contributed by atoms with E-state index in [1.54, 1.807) is 29.2 Å². The third-order valence-corrected chi connectivity index (χ3v) is 5.43. The van der Waals surface area contributed by atoms with Crippen LogP contribution in [0.2, 0.25) is 5.02 Å². The van der Waals surface area contributed by atoms with Crippen molar-refractivity contribution in [2.45, 2.75) is 20.3 Å². The summed E-state index contributed by atoms with van der Waals surface area (Å²) in [6.07, 6.45) is 0.191. The molecule has 0 spiro atoms. The van der Waals surface area contributed by atoms with Gasteiger partial charge in [0.2, 0.25) is 11.8 Å². The standard InChI is InChI=1S/C22H24ClN3O3/c1-14-4-3-5-19(15(14)2)26-13-17(12-20(26)27)22(29)25-11-10-24-21(28)16-6-8-18(23)9-7-16/h3-9,17H,10-13H2,1-2H3,(H,24,28)(H,25,29). The molecular weight excluding hydrogens is 390 g/mol. The molecule has 0 bridgehead atoms. The van der Waals surface area contributed by atoms with Crippen molar-refractivity contribution >= 4 is 35.0 Å². The molecule has 152 valence electrons. The van der Waals surface area contributed by atoms with E-state index in [0.717, 1.165) is 16.8 Å². The molecule has 0 radical (unpaired) electrons. The average molecular weight is 414 g/mol. The number of rotatable bonds is 6. The zero-order chi connectivity index (χ0) is 21.0. The van der Waals surface area contributed by atoms with Crippen LogP contribution in [0.25, 0.3) is 0 Å². The maximum Gasteiger partial charge on any atom is 0.251 e. The van der Waals surface area contributed by atoms with E-state index >= 15 is 0 Å². The van der Waals surface area contributed by atoms with Gasteiger partial charge in [0.1, 0.15) is 0 Å². The minimum Gasteiger partial charge on any atom is -0.354 e. The highest BCUT2D eigenvalue weighted by Crippen LogP contribution is 2.29. The van der Waals surface area contributed by atoms with E-state index in [1.165, 1.54) is 0 Å². The molecule has 6 nitrogen and oxygen atoms in total. The van der Waals surface area contributed by atoms with E-state index in [9.17, 15) is 14.4 Å². The van der Waals surface area contributed by atoms with E-state index in [4.69, 9.17) is 11.6 Å². The van der Waals surface area contributed by atoms with Gasteiger partial charge in [-0.3, -0.25) is 14.4 Å². The molecule has 1 aliphatic rings. The number of halogens is 1. The predicted octanol–water partition coefficient (Wildman–Crippen LogP) is 2.86. The van der Waals surface area contributed by atoms with Crippen LogP contribution in [0, 0.1) is 19.8 Å². The molecule has 3 rings (SSSR count). The Labute approximate surface area is 175 Å². The van der Waals surface area contributed by atoms with Gasteiger partial charge in [0.15, 0.2) is 0 Å². The van der Waals surface area contributed by atoms with Crippen LogP contribution in [0.15, 0.2) is 42.5 Å². The highest BCUT2D eigenvalue weighted by Gasteiger charge is 2.35. The summed E-state index contributed by atoms with van der Waals surface area (Å²) in [5, 5.41) is 6.12. The molecule has 0 aromatic heterocycles. The smallest absolute Gasteiger partial charge is 0.251 e. The van der Waals surface area contributed by atoms with Gasteiger partial charge in [-0.25, -0.2) is 0 Å². The topological polar surface area (TPSA) is 78.5 Å². The van der Waals surface area contributed by atoms with E-state index in [2.05, 4.69) is 10.6 Å². The fraction of sp³-hybridized carbons (Fsp3) is 0.318. The number of anilines is 1. The minimum absolute atomic E-state index is 0.0464. The van der Waals surface area contributed by atoms with Crippen molar-refractivity contribution in [3.8, 4) is 0 Å². The number of nitrogens with zero attached hydrogens (tertiary/aromatic N) is 1. The second-order valence-electron chi connectivity index (χ2n) is 7.18. The van der Waals surface area contributed by atoms with Gasteiger partial charge in [0.25, 0.3) is 5.91 Å². The lowest BCUT2D eigenvalue weighted by Crippen LogP contribution is -2.38. The lowest BCUT2D eigenvalue weighted by Gasteiger charge is -2.20. The summed E-state index contributed by atoms with van der Waals surface area (Å²) in [7, 11) is 0. The summed E-state index contributed by atoms with van der Waals surface area (Å²) >= 11 is 5.81. The molecule has 0 saturated carbocycles. The van der Waals surface area contributed by atoms with Crippen molar-refractivity contribution in [3.05, 3.63) is 64.2 Å². The number of carbonyl (C=O) groups excluding carboxylic acids is 3. The first-order valence-corrected chi connectivity index (χ1v) is 9.92. The number of benzene rings is 2. The molecule has 3 amide bonds. The fourth-order valence-electron chi connectivity index (χ4n) is 3.35. The SMILES string of the molecule is Cc1cccc(N2CC(C(=O)NCCNC(=O)c3ccc(Cl)cc3)CC2=O)c1C. The van der Waals surface area contributed by atoms with Crippen LogP contribution < -0.4 is 15.5 Å². The van der Waals surface area contributed by atoms with Crippen LogP contribution >= 0.6 is 11.6 Å². The zero-order valence-corrected chi connectivity index (χ0v) is 17.3. The Kier molecular flexibility index (Phi) is 6.54. The number of nitrogens with one attached hydrogen (secondary N) is 2. The van der Waals surface area contributed by atoms with Crippen molar-refractivity contribution in [1.29, 1.82) is 0 Å². The second-order valence-corrected chi connectivity index (χ2v) is 7.61. The highest BCUT2D eigenvalue weighted by atomic mass is 35.5. The van der Waals surface area contributed by atoms with E-state index in [-0.39, 0.29) is 24.1 Å². The molecule has 1 atom stereocenters. The molecule has 1 heterocycles. The Hall–Kier alpha value is -2.86. The van der Waals surface area contributed by atoms with Crippen molar-refractivity contribution in [3.63, 3.8) is 0 Å². The summed E-state index contributed by atoms with van der Waals surface area (Å²) in [6.45, 7) is 4.95. The third kappa shape index (κ3) is 4.95. The van der Waals surface area contributed by atoms with E-state index in [0.29, 0.717) is 30.2 Å². The quantitative estimate of drug-likeness (QED) is 0.715. The molecule has 1 fully saturated rings. The van der Waals surface area contributed by atoms with Gasteiger partial charge in [0, 0.05) is 42.3 Å². The third-order valence-electron chi connectivity index (χ3n) is 5.18. The van der Waals surface area contributed by atoms with Gasteiger partial charge in [0.05, 0.1) is 5.92 Å². The Morgan fingerprint density at radius 2 is 1.76 bits per heavy atom. The lowest BCUT2D eigenvalue weighted by molar-refractivity contribution is -0.126. The maximum absolute atomic E-state index is 12.5. The maximum atomic E-state index is 12.5. The molecule has 2 N–H and O–H groups in total. The normalized spacial score (nSPS) is 16.0. The first-order valence-electron chi connectivity index (χ1n) is 9.55. The van der Waals surface area contributed by atoms with Gasteiger partial charge in [-0.05, 0) is 55.3 Å². The fourth-order valence-corrected chi connectivity index (χ4v) is 3.48. The monoisotopic (exact) mass is 413 g/mol. The Balaban J connectivity index is 1.48. The van der Waals surface area contributed by atoms with Crippen LogP contribution in [0.1, 0.15) is 27.9 Å². The van der Waals surface area contributed by atoms with Crippen molar-refractivity contribution < 1.29 is 14.4 Å². The van der Waals surface area contributed by atoms with Crippen molar-refractivity contribution in [2.75, 3.05) is 24.5 Å². The number of aryl methyl sites for hydroxylation is 1. The van der Waals surface area contributed by atoms with Gasteiger partial charge in [-0.1, -0.05) is 23.7 Å². The van der Waals surface area contributed by atoms with Crippen LogP contribution in [0.4, 0.5) is 5.69 Å². The summed E-state index contributed by atoms with van der Waals surface area (Å²) in [5.41, 5.74) is 3.53. The first kappa shape index (κ1) is 20.9. The van der Waals surface area contributed by atoms with Crippen LogP contribution in [0.3, 0.4) is 0 Å². The minimum atomic E-state index is -0.394. The highest BCUT2D eigenvalue weighted by molar-refractivity contribution is 6.30. The van der Waals surface area contributed by atoms with E-state index < -0.39 is 5.92 Å². The molecule has 7 heteroatoms. The first-order chi connectivity index (χ1) is 13.9. The number of carbonyl (C=O) groups is 3. The van der Waals surface area contributed by atoms with Crippen LogP contribution in [-0.2, 0) is 9.59 Å². The van der Waals surface area contributed by atoms with Gasteiger partial charge >= 0.3 is 0 Å². The Morgan fingerprint density at radius 3 is 2.48 bits per heavy atom. The molecule has 0 aliphatic carbocycles. The molecule has 2 aromatic rings. The Bertz CT molecular complexity index is 927. The molecule has 1 aliphatic heterocycles. The summed E-state index contributed by atoms with van der Waals surface area (Å²) in [5.74, 6) is -0.843. The molecule has 1 saturated heterocycles. The molecular formula is C22H24ClN3O3. The van der Waals surface area contributed by atoms with Gasteiger partial charge < -0.3 is 15.5 Å². The van der Waals surface area contributed by atoms with Gasteiger partial charge in [-0.2, -0.15) is 0 Å². The van der Waals surface area contributed by atoms with E-state index in [1.807, 2.05) is 32.0 Å². The van der Waals surface area contributed by atoms with Crippen LogP contribution in [0.5, 0.6) is 0 Å². The molecule has 1 unspecified atom stereocenters. The summed E-state index contributed by atoms with van der Waals surface area (Å²) in [4.78, 5) is 38.6. The van der Waals surface area contributed by atoms with Gasteiger partial charge in [-0.15, -0.1) is 0 Å². The largest absolute Gasteiger partial charge is 0.354 e. The Morgan fingerprint density at radius 1 is 1.07 bits per heavy atom. The summed E-state index contributed by atoms with van der Waals surface area (Å²) in [6, 6.07) is 12.4. The zero-order valence-electron chi connectivity index (χ0n) is 16.5. The number of amides is 3. The predicted molar refractivity (Wildman–Crippen MR) is 113 cm³/mol. The van der Waals surface area contributed by atoms with Crippen molar-refractivity contribution in [1.82, 2.24) is 10.6 Å². The summed E-state index contributed by atoms with van der Waals surface area (Å²) < 4.78 is 0. The lowest BCUT2D eigenvalue weighted by atomic mass is 10.1. The second kappa shape index (κ2) is 9.09. The number of hydrogen-bond acceptors (Lipinski definition) is 3. The number of hydrogen-bond donors (Lipinski definition) is 2. The van der Waals surface area contributed by atoms with Crippen molar-refractivity contribution in [2.24, 2.45) is 5.92 Å². The average Bonchev–Trinajstić information content (AvgIpc) is 3.09.